The van der Waals surface area contributed by atoms with Gasteiger partial charge in [-0.1, -0.05) is 0 Å². The Balaban J connectivity index is 0.00000363. The average Bonchev–Trinajstić information content (AvgIpc) is 3.16. The standard InChI is InChI=1S/C18H14F6N6O.H2S/c1-9-6-25-16(26-7-9)30-14(27-8-28-30)10(2)29-15(31)11-3-12(17(19,20)21)5-13(4-11)18(22,23)24;/h3-8,10H,1-2H3,(H,29,31);1H2/t10-;/m0./s1. The van der Waals surface area contributed by atoms with Gasteiger partial charge in [-0.3, -0.25) is 4.79 Å². The maximum atomic E-state index is 13.0. The number of amides is 1. The predicted molar refractivity (Wildman–Crippen MR) is 104 cm³/mol. The molecule has 1 amide bonds. The Kier molecular flexibility index (Phi) is 7.17. The lowest BCUT2D eigenvalue weighted by Gasteiger charge is -2.16. The number of halogens is 6. The highest BCUT2D eigenvalue weighted by atomic mass is 32.1. The van der Waals surface area contributed by atoms with E-state index in [4.69, 9.17) is 0 Å². The van der Waals surface area contributed by atoms with E-state index in [9.17, 15) is 31.1 Å². The van der Waals surface area contributed by atoms with Crippen molar-refractivity contribution in [3.8, 4) is 5.95 Å². The van der Waals surface area contributed by atoms with Gasteiger partial charge in [0.2, 0.25) is 0 Å². The second-order valence-corrected chi connectivity index (χ2v) is 6.58. The van der Waals surface area contributed by atoms with Gasteiger partial charge in [0.1, 0.15) is 6.33 Å². The lowest BCUT2D eigenvalue weighted by Crippen LogP contribution is -2.29. The molecule has 0 bridgehead atoms. The van der Waals surface area contributed by atoms with Crippen LogP contribution in [0.5, 0.6) is 0 Å². The molecule has 1 N–H and O–H groups in total. The zero-order chi connectivity index (χ0) is 23.0. The summed E-state index contributed by atoms with van der Waals surface area (Å²) >= 11 is 0. The van der Waals surface area contributed by atoms with E-state index < -0.39 is 41.0 Å². The summed E-state index contributed by atoms with van der Waals surface area (Å²) in [6, 6.07) is -0.286. The molecule has 0 saturated heterocycles. The number of nitrogens with one attached hydrogen (secondary N) is 1. The first kappa shape index (κ1) is 25.1. The SMILES string of the molecule is Cc1cnc(-n2ncnc2[C@H](C)NC(=O)c2cc(C(F)(F)F)cc(C(F)(F)F)c2)nc1.S. The Labute approximate surface area is 184 Å². The monoisotopic (exact) mass is 478 g/mol. The highest BCUT2D eigenvalue weighted by Crippen LogP contribution is 2.36. The molecule has 0 aliphatic carbocycles. The van der Waals surface area contributed by atoms with Gasteiger partial charge in [-0.05, 0) is 37.6 Å². The first-order valence-corrected chi connectivity index (χ1v) is 8.65. The Hall–Kier alpha value is -3.16. The molecule has 0 fully saturated rings. The van der Waals surface area contributed by atoms with E-state index in [1.807, 2.05) is 0 Å². The molecule has 0 aliphatic rings. The maximum Gasteiger partial charge on any atom is 0.416 e. The minimum Gasteiger partial charge on any atom is -0.342 e. The number of carbonyl (C=O) groups is 1. The number of alkyl halides is 6. The van der Waals surface area contributed by atoms with Crippen molar-refractivity contribution in [3.05, 3.63) is 65.0 Å². The van der Waals surface area contributed by atoms with Crippen molar-refractivity contribution in [1.29, 1.82) is 0 Å². The molecule has 3 aromatic rings. The van der Waals surface area contributed by atoms with Gasteiger partial charge in [-0.2, -0.15) is 49.6 Å². The Morgan fingerprint density at radius 1 is 0.969 bits per heavy atom. The number of carbonyl (C=O) groups excluding carboxylic acids is 1. The summed E-state index contributed by atoms with van der Waals surface area (Å²) in [7, 11) is 0. The Bertz CT molecular complexity index is 1060. The summed E-state index contributed by atoms with van der Waals surface area (Å²) in [5, 5.41) is 6.27. The number of rotatable bonds is 4. The third kappa shape index (κ3) is 5.55. The van der Waals surface area contributed by atoms with Gasteiger partial charge >= 0.3 is 12.4 Å². The largest absolute Gasteiger partial charge is 0.416 e. The fraction of sp³-hybridized carbons (Fsp3) is 0.278. The van der Waals surface area contributed by atoms with Crippen molar-refractivity contribution < 1.29 is 31.1 Å². The third-order valence-corrected chi connectivity index (χ3v) is 4.12. The van der Waals surface area contributed by atoms with Gasteiger partial charge in [0, 0.05) is 18.0 Å². The summed E-state index contributed by atoms with van der Waals surface area (Å²) in [6.07, 6.45) is -5.96. The van der Waals surface area contributed by atoms with Crippen LogP contribution < -0.4 is 5.32 Å². The van der Waals surface area contributed by atoms with E-state index in [0.717, 1.165) is 11.9 Å². The molecule has 0 unspecified atom stereocenters. The lowest BCUT2D eigenvalue weighted by atomic mass is 10.0. The molecule has 0 spiro atoms. The van der Waals surface area contributed by atoms with E-state index in [2.05, 4.69) is 25.4 Å². The molecule has 0 aliphatic heterocycles. The van der Waals surface area contributed by atoms with Crippen molar-refractivity contribution in [3.63, 3.8) is 0 Å². The molecule has 32 heavy (non-hydrogen) atoms. The predicted octanol–water partition coefficient (Wildman–Crippen LogP) is 4.01. The quantitative estimate of drug-likeness (QED) is 0.573. The average molecular weight is 478 g/mol. The van der Waals surface area contributed by atoms with Crippen LogP contribution in [0.15, 0.2) is 36.9 Å². The molecule has 14 heteroatoms. The zero-order valence-corrected chi connectivity index (χ0v) is 17.5. The molecule has 2 heterocycles. The van der Waals surface area contributed by atoms with Crippen LogP contribution in [0, 0.1) is 6.92 Å². The van der Waals surface area contributed by atoms with Gasteiger partial charge in [0.05, 0.1) is 17.2 Å². The lowest BCUT2D eigenvalue weighted by molar-refractivity contribution is -0.143. The first-order valence-electron chi connectivity index (χ1n) is 8.65. The molecule has 1 aromatic carbocycles. The number of aromatic nitrogens is 5. The van der Waals surface area contributed by atoms with Crippen LogP contribution >= 0.6 is 13.5 Å². The molecule has 2 aromatic heterocycles. The maximum absolute atomic E-state index is 13.0. The van der Waals surface area contributed by atoms with Crippen LogP contribution in [0.1, 0.15) is 45.8 Å². The first-order chi connectivity index (χ1) is 14.4. The second-order valence-electron chi connectivity index (χ2n) is 6.58. The highest BCUT2D eigenvalue weighted by Gasteiger charge is 2.37. The molecule has 7 nitrogen and oxygen atoms in total. The Morgan fingerprint density at radius 3 is 2.00 bits per heavy atom. The smallest absolute Gasteiger partial charge is 0.342 e. The third-order valence-electron chi connectivity index (χ3n) is 4.12. The minimum atomic E-state index is -5.06. The number of benzene rings is 1. The number of nitrogens with zero attached hydrogens (tertiary/aromatic N) is 5. The van der Waals surface area contributed by atoms with Crippen molar-refractivity contribution >= 4 is 19.4 Å². The Morgan fingerprint density at radius 2 is 1.50 bits per heavy atom. The number of hydrogen-bond acceptors (Lipinski definition) is 5. The van der Waals surface area contributed by atoms with Crippen LogP contribution in [0.4, 0.5) is 26.3 Å². The summed E-state index contributed by atoms with van der Waals surface area (Å²) in [4.78, 5) is 24.6. The number of hydrogen-bond donors (Lipinski definition) is 1. The van der Waals surface area contributed by atoms with Gasteiger partial charge in [-0.15, -0.1) is 0 Å². The zero-order valence-electron chi connectivity index (χ0n) is 16.5. The van der Waals surface area contributed by atoms with E-state index in [-0.39, 0.29) is 31.3 Å². The summed E-state index contributed by atoms with van der Waals surface area (Å²) in [5.74, 6) is -0.902. The molecule has 0 radical (unpaired) electrons. The van der Waals surface area contributed by atoms with Crippen molar-refractivity contribution in [2.24, 2.45) is 0 Å². The minimum absolute atomic E-state index is 0. The van der Waals surface area contributed by atoms with Gasteiger partial charge in [0.15, 0.2) is 5.82 Å². The summed E-state index contributed by atoms with van der Waals surface area (Å²) in [6.45, 7) is 3.20. The van der Waals surface area contributed by atoms with Crippen LogP contribution in [0.25, 0.3) is 5.95 Å². The van der Waals surface area contributed by atoms with Crippen LogP contribution in [-0.4, -0.2) is 30.6 Å². The van der Waals surface area contributed by atoms with E-state index in [1.165, 1.54) is 24.0 Å². The topological polar surface area (TPSA) is 85.6 Å². The van der Waals surface area contributed by atoms with Crippen molar-refractivity contribution in [2.45, 2.75) is 32.2 Å². The van der Waals surface area contributed by atoms with Crippen LogP contribution in [-0.2, 0) is 12.4 Å². The van der Waals surface area contributed by atoms with E-state index in [1.54, 1.807) is 6.92 Å². The van der Waals surface area contributed by atoms with E-state index >= 15 is 0 Å². The highest BCUT2D eigenvalue weighted by molar-refractivity contribution is 7.59. The molecular weight excluding hydrogens is 462 g/mol. The van der Waals surface area contributed by atoms with Crippen molar-refractivity contribution in [1.82, 2.24) is 30.0 Å². The fourth-order valence-corrected chi connectivity index (χ4v) is 2.63. The van der Waals surface area contributed by atoms with Gasteiger partial charge in [-0.25, -0.2) is 15.0 Å². The van der Waals surface area contributed by atoms with Crippen LogP contribution in [0.2, 0.25) is 0 Å². The normalized spacial score (nSPS) is 12.8. The van der Waals surface area contributed by atoms with Crippen LogP contribution in [0.3, 0.4) is 0 Å². The number of aryl methyl sites for hydroxylation is 1. The summed E-state index contributed by atoms with van der Waals surface area (Å²) in [5.41, 5.74) is -3.20. The van der Waals surface area contributed by atoms with E-state index in [0.29, 0.717) is 12.1 Å². The summed E-state index contributed by atoms with van der Waals surface area (Å²) < 4.78 is 79.3. The molecular formula is C18H16F6N6OS. The molecule has 3 rings (SSSR count). The molecule has 0 saturated carbocycles. The molecule has 1 atom stereocenters. The molecule has 172 valence electrons. The van der Waals surface area contributed by atoms with Crippen molar-refractivity contribution in [2.75, 3.05) is 0 Å². The fourth-order valence-electron chi connectivity index (χ4n) is 2.63. The second kappa shape index (κ2) is 9.14. The van der Waals surface area contributed by atoms with Gasteiger partial charge < -0.3 is 5.32 Å². The van der Waals surface area contributed by atoms with Gasteiger partial charge in [0.25, 0.3) is 11.9 Å².